The van der Waals surface area contributed by atoms with Crippen molar-refractivity contribution >= 4 is 33.3 Å². The van der Waals surface area contributed by atoms with E-state index in [-0.39, 0.29) is 13.2 Å². The summed E-state index contributed by atoms with van der Waals surface area (Å²) >= 11 is 1.23. The summed E-state index contributed by atoms with van der Waals surface area (Å²) in [6.45, 7) is 0.528. The van der Waals surface area contributed by atoms with E-state index in [0.29, 0.717) is 18.1 Å². The van der Waals surface area contributed by atoms with Crippen LogP contribution in [0.5, 0.6) is 0 Å². The van der Waals surface area contributed by atoms with Crippen LogP contribution in [0.1, 0.15) is 12.0 Å². The van der Waals surface area contributed by atoms with Crippen LogP contribution in [0.4, 0.5) is 4.79 Å². The van der Waals surface area contributed by atoms with Gasteiger partial charge in [0.05, 0.1) is 18.7 Å². The highest BCUT2D eigenvalue weighted by molar-refractivity contribution is 8.14. The lowest BCUT2D eigenvalue weighted by atomic mass is 10.1. The van der Waals surface area contributed by atoms with Crippen LogP contribution in [0.25, 0.3) is 0 Å². The van der Waals surface area contributed by atoms with Crippen molar-refractivity contribution < 1.29 is 22.1 Å². The van der Waals surface area contributed by atoms with Crippen molar-refractivity contribution in [2.45, 2.75) is 25.1 Å². The molecule has 136 valence electrons. The maximum absolute atomic E-state index is 12.2. The summed E-state index contributed by atoms with van der Waals surface area (Å²) in [6, 6.07) is 8.39. The summed E-state index contributed by atoms with van der Waals surface area (Å²) in [7, 11) is -3.88. The quantitative estimate of drug-likeness (QED) is 0.844. The number of hydrogen-bond donors (Lipinski definition) is 1. The van der Waals surface area contributed by atoms with E-state index in [4.69, 9.17) is 8.92 Å². The van der Waals surface area contributed by atoms with E-state index in [0.717, 1.165) is 9.87 Å². The monoisotopic (exact) mass is 385 g/mol. The van der Waals surface area contributed by atoms with Crippen molar-refractivity contribution in [1.82, 2.24) is 9.62 Å². The van der Waals surface area contributed by atoms with Crippen LogP contribution in [0.15, 0.2) is 35.3 Å². The molecule has 3 rings (SSSR count). The predicted octanol–water partition coefficient (Wildman–Crippen LogP) is 1.35. The number of fused-ring (bicyclic) bond motifs is 1. The maximum atomic E-state index is 12.2. The number of aliphatic imine (C=N–C) groups is 1. The molecule has 0 saturated carbocycles. The van der Waals surface area contributed by atoms with Crippen molar-refractivity contribution in [3.05, 3.63) is 35.9 Å². The molecular formula is C15H19N3O5S2. The molecule has 1 fully saturated rings. The Balaban J connectivity index is 1.65. The Bertz CT molecular complexity index is 754. The second kappa shape index (κ2) is 7.63. The number of benzene rings is 1. The smallest absolute Gasteiger partial charge is 0.407 e. The van der Waals surface area contributed by atoms with Gasteiger partial charge in [0, 0.05) is 6.54 Å². The normalized spacial score (nSPS) is 24.8. The van der Waals surface area contributed by atoms with Gasteiger partial charge in [-0.1, -0.05) is 42.1 Å². The first-order valence-electron chi connectivity index (χ1n) is 7.75. The first kappa shape index (κ1) is 18.0. The minimum atomic E-state index is -3.88. The van der Waals surface area contributed by atoms with Crippen LogP contribution in [0, 0.1) is 0 Å². The SMILES string of the molecule is CSC1=NCC[C@@H]2[C@H](NC(=O)OCc3ccccc3)COS(=O)(=O)N12. The summed E-state index contributed by atoms with van der Waals surface area (Å²) < 4.78 is 35.7. The van der Waals surface area contributed by atoms with Gasteiger partial charge in [0.1, 0.15) is 6.61 Å². The molecule has 2 aliphatic heterocycles. The number of thioether (sulfide) groups is 1. The minimum Gasteiger partial charge on any atom is -0.445 e. The summed E-state index contributed by atoms with van der Waals surface area (Å²) in [5.41, 5.74) is 0.871. The van der Waals surface area contributed by atoms with E-state index in [1.807, 2.05) is 30.3 Å². The molecule has 10 heteroatoms. The van der Waals surface area contributed by atoms with Gasteiger partial charge >= 0.3 is 16.4 Å². The van der Waals surface area contributed by atoms with Gasteiger partial charge in [0.15, 0.2) is 5.17 Å². The lowest BCUT2D eigenvalue weighted by Gasteiger charge is -2.42. The Morgan fingerprint density at radius 1 is 1.44 bits per heavy atom. The molecule has 25 heavy (non-hydrogen) atoms. The van der Waals surface area contributed by atoms with E-state index in [2.05, 4.69) is 10.3 Å². The molecule has 0 radical (unpaired) electrons. The fourth-order valence-corrected chi connectivity index (χ4v) is 5.08. The zero-order chi connectivity index (χ0) is 17.9. The number of carbonyl (C=O) groups excluding carboxylic acids is 1. The molecule has 2 atom stereocenters. The summed E-state index contributed by atoms with van der Waals surface area (Å²) in [4.78, 5) is 16.3. The Morgan fingerprint density at radius 2 is 2.20 bits per heavy atom. The van der Waals surface area contributed by atoms with Crippen LogP contribution in [0.2, 0.25) is 0 Å². The molecule has 1 amide bonds. The second-order valence-electron chi connectivity index (χ2n) is 5.58. The molecule has 1 saturated heterocycles. The summed E-state index contributed by atoms with van der Waals surface area (Å²) in [5.74, 6) is 0. The molecule has 0 spiro atoms. The van der Waals surface area contributed by atoms with Crippen molar-refractivity contribution in [2.24, 2.45) is 4.99 Å². The number of hydrogen-bond acceptors (Lipinski definition) is 7. The van der Waals surface area contributed by atoms with Crippen LogP contribution in [-0.2, 0) is 25.8 Å². The molecule has 1 N–H and O–H groups in total. The molecule has 0 unspecified atom stereocenters. The van der Waals surface area contributed by atoms with E-state index < -0.39 is 28.5 Å². The highest BCUT2D eigenvalue weighted by Gasteiger charge is 2.45. The Labute approximate surface area is 150 Å². The Kier molecular flexibility index (Phi) is 5.50. The number of alkyl carbamates (subject to hydrolysis) is 1. The zero-order valence-electron chi connectivity index (χ0n) is 13.6. The first-order valence-corrected chi connectivity index (χ1v) is 10.3. The molecule has 1 aromatic rings. The van der Waals surface area contributed by atoms with E-state index >= 15 is 0 Å². The van der Waals surface area contributed by atoms with Crippen LogP contribution >= 0.6 is 11.8 Å². The number of nitrogens with one attached hydrogen (secondary N) is 1. The lowest BCUT2D eigenvalue weighted by Crippen LogP contribution is -2.62. The predicted molar refractivity (Wildman–Crippen MR) is 94.5 cm³/mol. The van der Waals surface area contributed by atoms with E-state index in [1.165, 1.54) is 11.8 Å². The molecule has 2 aliphatic rings. The maximum Gasteiger partial charge on any atom is 0.407 e. The van der Waals surface area contributed by atoms with Crippen LogP contribution < -0.4 is 5.32 Å². The molecule has 1 aromatic carbocycles. The van der Waals surface area contributed by atoms with Gasteiger partial charge in [-0.3, -0.25) is 9.18 Å². The standard InChI is InChI=1S/C15H19N3O5S2/c1-24-14-16-8-7-13-12(10-23-25(20,21)18(13)14)17-15(19)22-9-11-5-3-2-4-6-11/h2-6,12-13H,7-10H2,1H3,(H,17,19)/t12-,13-/m1/s1. The average Bonchev–Trinajstić information content (AvgIpc) is 2.63. The summed E-state index contributed by atoms with van der Waals surface area (Å²) in [6.07, 6.45) is 1.66. The van der Waals surface area contributed by atoms with Gasteiger partial charge in [0.2, 0.25) is 0 Å². The average molecular weight is 385 g/mol. The topological polar surface area (TPSA) is 97.3 Å². The molecular weight excluding hydrogens is 366 g/mol. The number of amidine groups is 1. The van der Waals surface area contributed by atoms with Crippen molar-refractivity contribution in [3.8, 4) is 0 Å². The largest absolute Gasteiger partial charge is 0.445 e. The molecule has 0 aromatic heterocycles. The van der Waals surface area contributed by atoms with Crippen LogP contribution in [-0.4, -0.2) is 55.5 Å². The first-order chi connectivity index (χ1) is 12.0. The Morgan fingerprint density at radius 3 is 2.92 bits per heavy atom. The molecule has 2 heterocycles. The molecule has 0 aliphatic carbocycles. The van der Waals surface area contributed by atoms with Gasteiger partial charge in [0.25, 0.3) is 0 Å². The second-order valence-corrected chi connectivity index (χ2v) is 7.83. The summed E-state index contributed by atoms with van der Waals surface area (Å²) in [5, 5.41) is 3.09. The van der Waals surface area contributed by atoms with E-state index in [9.17, 15) is 13.2 Å². The zero-order valence-corrected chi connectivity index (χ0v) is 15.3. The van der Waals surface area contributed by atoms with Gasteiger partial charge in [-0.15, -0.1) is 0 Å². The fraction of sp³-hybridized carbons (Fsp3) is 0.467. The van der Waals surface area contributed by atoms with Gasteiger partial charge in [-0.25, -0.2) is 9.10 Å². The Hall–Kier alpha value is -1.78. The highest BCUT2D eigenvalue weighted by Crippen LogP contribution is 2.28. The van der Waals surface area contributed by atoms with E-state index in [1.54, 1.807) is 6.26 Å². The number of nitrogens with zero attached hydrogens (tertiary/aromatic N) is 2. The number of rotatable bonds is 3. The number of carbonyl (C=O) groups is 1. The number of amides is 1. The molecule has 0 bridgehead atoms. The lowest BCUT2D eigenvalue weighted by molar-refractivity contribution is 0.110. The third-order valence-corrected chi connectivity index (χ3v) is 6.13. The molecule has 8 nitrogen and oxygen atoms in total. The van der Waals surface area contributed by atoms with Gasteiger partial charge in [-0.05, 0) is 18.2 Å². The highest BCUT2D eigenvalue weighted by atomic mass is 32.2. The third kappa shape index (κ3) is 4.07. The number of ether oxygens (including phenoxy) is 1. The van der Waals surface area contributed by atoms with Crippen molar-refractivity contribution in [1.29, 1.82) is 0 Å². The van der Waals surface area contributed by atoms with Gasteiger partial charge in [-0.2, -0.15) is 8.42 Å². The van der Waals surface area contributed by atoms with Crippen molar-refractivity contribution in [2.75, 3.05) is 19.4 Å². The third-order valence-electron chi connectivity index (χ3n) is 3.96. The minimum absolute atomic E-state index is 0.119. The van der Waals surface area contributed by atoms with Gasteiger partial charge < -0.3 is 10.1 Å². The van der Waals surface area contributed by atoms with Crippen molar-refractivity contribution in [3.63, 3.8) is 0 Å². The fourth-order valence-electron chi connectivity index (χ4n) is 2.78. The van der Waals surface area contributed by atoms with Crippen LogP contribution in [0.3, 0.4) is 0 Å².